The largest absolute Gasteiger partial charge is 0.474 e. The Hall–Kier alpha value is -2.62. The summed E-state index contributed by atoms with van der Waals surface area (Å²) in [6.07, 6.45) is 0. The number of carbonyl (C=O) groups excluding carboxylic acids is 2. The molecule has 8 nitrogen and oxygen atoms in total. The molecule has 11 heteroatoms. The molecule has 0 aliphatic heterocycles. The monoisotopic (exact) mass is 398 g/mol. The SMILES string of the molecule is O=C(O)C(=O)Nc1ccc2nc(NC(=O)c3cc(Cl)c(Cl)[nH]3)sc2c1. The lowest BCUT2D eigenvalue weighted by Gasteiger charge is -2.00. The third-order valence-corrected chi connectivity index (χ3v) is 4.66. The van der Waals surface area contributed by atoms with Gasteiger partial charge in [-0.05, 0) is 24.3 Å². The summed E-state index contributed by atoms with van der Waals surface area (Å²) >= 11 is 12.7. The first-order valence-corrected chi connectivity index (χ1v) is 8.21. The molecule has 0 spiro atoms. The van der Waals surface area contributed by atoms with Crippen molar-refractivity contribution in [2.75, 3.05) is 10.6 Å². The van der Waals surface area contributed by atoms with E-state index in [9.17, 15) is 14.4 Å². The van der Waals surface area contributed by atoms with Gasteiger partial charge in [0.05, 0.1) is 15.2 Å². The molecule has 2 amide bonds. The van der Waals surface area contributed by atoms with E-state index in [2.05, 4.69) is 20.6 Å². The molecular weight excluding hydrogens is 391 g/mol. The van der Waals surface area contributed by atoms with Crippen LogP contribution in [0.3, 0.4) is 0 Å². The number of thiazole rings is 1. The first-order valence-electron chi connectivity index (χ1n) is 6.63. The number of anilines is 2. The number of benzene rings is 1. The smallest absolute Gasteiger partial charge is 0.394 e. The molecule has 25 heavy (non-hydrogen) atoms. The number of aromatic nitrogens is 2. The van der Waals surface area contributed by atoms with Gasteiger partial charge in [-0.1, -0.05) is 34.5 Å². The lowest BCUT2D eigenvalue weighted by atomic mass is 10.3. The third-order valence-electron chi connectivity index (χ3n) is 3.03. The molecule has 0 radical (unpaired) electrons. The van der Waals surface area contributed by atoms with E-state index in [0.29, 0.717) is 21.0 Å². The van der Waals surface area contributed by atoms with E-state index in [4.69, 9.17) is 28.3 Å². The van der Waals surface area contributed by atoms with Crippen LogP contribution in [-0.4, -0.2) is 32.9 Å². The molecule has 0 aliphatic rings. The van der Waals surface area contributed by atoms with Crippen LogP contribution in [0.5, 0.6) is 0 Å². The number of carboxylic acids is 1. The minimum absolute atomic E-state index is 0.162. The van der Waals surface area contributed by atoms with Gasteiger partial charge < -0.3 is 15.4 Å². The van der Waals surface area contributed by atoms with Gasteiger partial charge >= 0.3 is 11.9 Å². The first kappa shape index (κ1) is 17.2. The Balaban J connectivity index is 1.80. The van der Waals surface area contributed by atoms with Gasteiger partial charge in [-0.3, -0.25) is 14.9 Å². The van der Waals surface area contributed by atoms with Gasteiger partial charge in [-0.25, -0.2) is 9.78 Å². The van der Waals surface area contributed by atoms with Crippen molar-refractivity contribution in [2.24, 2.45) is 0 Å². The fraction of sp³-hybridized carbons (Fsp3) is 0. The Kier molecular flexibility index (Phi) is 4.62. The number of aliphatic carboxylic acids is 1. The van der Waals surface area contributed by atoms with Crippen LogP contribution in [0.1, 0.15) is 10.5 Å². The summed E-state index contributed by atoms with van der Waals surface area (Å²) in [6.45, 7) is 0. The zero-order valence-electron chi connectivity index (χ0n) is 12.1. The van der Waals surface area contributed by atoms with Crippen molar-refractivity contribution in [1.29, 1.82) is 0 Å². The molecule has 0 atom stereocenters. The van der Waals surface area contributed by atoms with E-state index in [0.717, 1.165) is 11.3 Å². The van der Waals surface area contributed by atoms with Crippen LogP contribution >= 0.6 is 34.5 Å². The van der Waals surface area contributed by atoms with Crippen LogP contribution in [0.4, 0.5) is 10.8 Å². The van der Waals surface area contributed by atoms with E-state index in [1.54, 1.807) is 12.1 Å². The second kappa shape index (κ2) is 6.71. The number of hydrogen-bond donors (Lipinski definition) is 4. The number of aromatic amines is 1. The van der Waals surface area contributed by atoms with Gasteiger partial charge in [0.1, 0.15) is 10.8 Å². The number of halogens is 2. The molecule has 2 aromatic heterocycles. The Morgan fingerprint density at radius 1 is 1.16 bits per heavy atom. The maximum absolute atomic E-state index is 12.1. The lowest BCUT2D eigenvalue weighted by Crippen LogP contribution is -2.21. The standard InChI is InChI=1S/C14H8Cl2N4O4S/c15-6-4-8(18-10(6)16)11(21)20-14-19-7-2-1-5(3-9(7)25-14)17-12(22)13(23)24/h1-4,18H,(H,17,22)(H,23,24)(H,19,20,21). The van der Waals surface area contributed by atoms with Crippen LogP contribution in [0, 0.1) is 0 Å². The summed E-state index contributed by atoms with van der Waals surface area (Å²) in [5.41, 5.74) is 1.07. The maximum Gasteiger partial charge on any atom is 0.394 e. The van der Waals surface area contributed by atoms with Crippen LogP contribution in [0.25, 0.3) is 10.2 Å². The number of carbonyl (C=O) groups is 3. The molecule has 1 aromatic carbocycles. The van der Waals surface area contributed by atoms with Gasteiger partial charge in [-0.15, -0.1) is 0 Å². The summed E-state index contributed by atoms with van der Waals surface area (Å²) in [5.74, 6) is -3.19. The Labute approximate surface area is 153 Å². The molecule has 3 aromatic rings. The van der Waals surface area contributed by atoms with E-state index in [1.165, 1.54) is 12.1 Å². The number of carboxylic acid groups (broad SMARTS) is 1. The molecule has 128 valence electrons. The van der Waals surface area contributed by atoms with Crippen molar-refractivity contribution >= 4 is 73.4 Å². The quantitative estimate of drug-likeness (QED) is 0.504. The van der Waals surface area contributed by atoms with Gasteiger partial charge in [0.15, 0.2) is 5.13 Å². The van der Waals surface area contributed by atoms with Crippen molar-refractivity contribution < 1.29 is 19.5 Å². The molecule has 3 rings (SSSR count). The third kappa shape index (κ3) is 3.73. The normalized spacial score (nSPS) is 10.6. The Bertz CT molecular complexity index is 994. The average molecular weight is 399 g/mol. The van der Waals surface area contributed by atoms with Gasteiger partial charge in [0, 0.05) is 5.69 Å². The van der Waals surface area contributed by atoms with Crippen LogP contribution in [0.2, 0.25) is 10.2 Å². The van der Waals surface area contributed by atoms with Gasteiger partial charge in [0.2, 0.25) is 0 Å². The minimum atomic E-state index is -1.58. The van der Waals surface area contributed by atoms with E-state index in [-0.39, 0.29) is 15.9 Å². The Morgan fingerprint density at radius 3 is 2.56 bits per heavy atom. The highest BCUT2D eigenvalue weighted by atomic mass is 35.5. The topological polar surface area (TPSA) is 124 Å². The number of H-pyrrole nitrogens is 1. The highest BCUT2D eigenvalue weighted by Crippen LogP contribution is 2.29. The zero-order valence-corrected chi connectivity index (χ0v) is 14.4. The van der Waals surface area contributed by atoms with E-state index < -0.39 is 17.8 Å². The number of nitrogens with zero attached hydrogens (tertiary/aromatic N) is 1. The van der Waals surface area contributed by atoms with Crippen LogP contribution in [0.15, 0.2) is 24.3 Å². The van der Waals surface area contributed by atoms with Crippen molar-refractivity contribution in [3.63, 3.8) is 0 Å². The average Bonchev–Trinajstić information content (AvgIpc) is 3.09. The molecule has 0 aliphatic carbocycles. The van der Waals surface area contributed by atoms with Gasteiger partial charge in [0.25, 0.3) is 5.91 Å². The fourth-order valence-corrected chi connectivity index (χ4v) is 3.14. The number of nitrogens with one attached hydrogen (secondary N) is 3. The summed E-state index contributed by atoms with van der Waals surface area (Å²) in [5, 5.41) is 14.2. The second-order valence-electron chi connectivity index (χ2n) is 4.76. The Morgan fingerprint density at radius 2 is 1.92 bits per heavy atom. The van der Waals surface area contributed by atoms with Crippen molar-refractivity contribution in [1.82, 2.24) is 9.97 Å². The van der Waals surface area contributed by atoms with Gasteiger partial charge in [-0.2, -0.15) is 0 Å². The number of hydrogen-bond acceptors (Lipinski definition) is 5. The van der Waals surface area contributed by atoms with Crippen LogP contribution < -0.4 is 10.6 Å². The van der Waals surface area contributed by atoms with Crippen molar-refractivity contribution in [3.8, 4) is 0 Å². The van der Waals surface area contributed by atoms with Crippen LogP contribution in [-0.2, 0) is 9.59 Å². The molecule has 0 bridgehead atoms. The lowest BCUT2D eigenvalue weighted by molar-refractivity contribution is -0.147. The minimum Gasteiger partial charge on any atom is -0.474 e. The number of amides is 2. The summed E-state index contributed by atoms with van der Waals surface area (Å²) in [6, 6.07) is 6.07. The summed E-state index contributed by atoms with van der Waals surface area (Å²) < 4.78 is 0.654. The summed E-state index contributed by atoms with van der Waals surface area (Å²) in [7, 11) is 0. The molecule has 0 unspecified atom stereocenters. The first-order chi connectivity index (χ1) is 11.8. The molecular formula is C14H8Cl2N4O4S. The molecule has 0 saturated carbocycles. The fourth-order valence-electron chi connectivity index (χ4n) is 1.93. The van der Waals surface area contributed by atoms with Crippen molar-refractivity contribution in [2.45, 2.75) is 0 Å². The highest BCUT2D eigenvalue weighted by Gasteiger charge is 2.15. The number of rotatable bonds is 3. The number of fused-ring (bicyclic) bond motifs is 1. The highest BCUT2D eigenvalue weighted by molar-refractivity contribution is 7.22. The maximum atomic E-state index is 12.1. The molecule has 2 heterocycles. The zero-order chi connectivity index (χ0) is 18.1. The summed E-state index contributed by atoms with van der Waals surface area (Å²) in [4.78, 5) is 40.7. The molecule has 4 N–H and O–H groups in total. The van der Waals surface area contributed by atoms with E-state index >= 15 is 0 Å². The molecule has 0 saturated heterocycles. The predicted octanol–water partition coefficient (Wildman–Crippen LogP) is 3.21. The molecule has 0 fully saturated rings. The second-order valence-corrected chi connectivity index (χ2v) is 6.58. The van der Waals surface area contributed by atoms with E-state index in [1.807, 2.05) is 0 Å². The predicted molar refractivity (Wildman–Crippen MR) is 94.7 cm³/mol. The van der Waals surface area contributed by atoms with Crippen molar-refractivity contribution in [3.05, 3.63) is 40.1 Å².